The first-order chi connectivity index (χ1) is 9.08. The first-order valence-electron chi connectivity index (χ1n) is 5.19. The van der Waals surface area contributed by atoms with Gasteiger partial charge in [0.15, 0.2) is 11.1 Å². The molecule has 0 saturated heterocycles. The average molecular weight is 297 g/mol. The molecule has 5 nitrogen and oxygen atoms in total. The Morgan fingerprint density at radius 1 is 1.37 bits per heavy atom. The van der Waals surface area contributed by atoms with E-state index in [0.717, 1.165) is 0 Å². The van der Waals surface area contributed by atoms with Gasteiger partial charge in [-0.3, -0.25) is 9.78 Å². The molecule has 19 heavy (non-hydrogen) atoms. The van der Waals surface area contributed by atoms with Gasteiger partial charge in [-0.15, -0.1) is 0 Å². The number of carbonyl (C=O) groups is 1. The zero-order chi connectivity index (χ0) is 13.8. The SMILES string of the molecule is O=C(Nc1cc(Cl)ccc1S(=O)O)c1cccnc1. The monoisotopic (exact) mass is 296 g/mol. The molecule has 0 aliphatic carbocycles. The molecule has 1 amide bonds. The van der Waals surface area contributed by atoms with Crippen molar-refractivity contribution >= 4 is 34.3 Å². The fourth-order valence-corrected chi connectivity index (χ4v) is 2.10. The number of pyridine rings is 1. The molecule has 0 bridgehead atoms. The minimum atomic E-state index is -2.21. The second kappa shape index (κ2) is 5.92. The molecule has 98 valence electrons. The van der Waals surface area contributed by atoms with E-state index in [1.807, 2.05) is 0 Å². The van der Waals surface area contributed by atoms with Crippen LogP contribution < -0.4 is 5.32 Å². The minimum Gasteiger partial charge on any atom is -0.321 e. The van der Waals surface area contributed by atoms with Gasteiger partial charge >= 0.3 is 0 Å². The van der Waals surface area contributed by atoms with Gasteiger partial charge in [-0.25, -0.2) is 4.21 Å². The second-order valence-electron chi connectivity index (χ2n) is 3.59. The van der Waals surface area contributed by atoms with Gasteiger partial charge in [0.25, 0.3) is 5.91 Å². The summed E-state index contributed by atoms with van der Waals surface area (Å²) in [7, 11) is 0. The van der Waals surface area contributed by atoms with Gasteiger partial charge < -0.3 is 9.87 Å². The standard InChI is InChI=1S/C12H9ClN2O3S/c13-9-3-4-11(19(17)18)10(6-9)15-12(16)8-2-1-5-14-7-8/h1-7H,(H,15,16)(H,17,18). The molecule has 1 heterocycles. The van der Waals surface area contributed by atoms with Crippen LogP contribution in [0.4, 0.5) is 5.69 Å². The molecule has 0 aliphatic rings. The maximum Gasteiger partial charge on any atom is 0.257 e. The molecule has 2 aromatic rings. The molecule has 0 radical (unpaired) electrons. The van der Waals surface area contributed by atoms with Crippen molar-refractivity contribution in [2.45, 2.75) is 4.90 Å². The van der Waals surface area contributed by atoms with E-state index in [1.54, 1.807) is 18.3 Å². The topological polar surface area (TPSA) is 79.3 Å². The van der Waals surface area contributed by atoms with E-state index in [-0.39, 0.29) is 10.6 Å². The fourth-order valence-electron chi connectivity index (χ4n) is 1.44. The zero-order valence-electron chi connectivity index (χ0n) is 9.54. The van der Waals surface area contributed by atoms with Gasteiger partial charge in [-0.2, -0.15) is 0 Å². The van der Waals surface area contributed by atoms with Crippen LogP contribution in [-0.4, -0.2) is 19.7 Å². The summed E-state index contributed by atoms with van der Waals surface area (Å²) >= 11 is 3.60. The third-order valence-corrected chi connectivity index (χ3v) is 3.27. The highest BCUT2D eigenvalue weighted by molar-refractivity contribution is 7.79. The van der Waals surface area contributed by atoms with E-state index in [1.165, 1.54) is 24.4 Å². The minimum absolute atomic E-state index is 0.0849. The fraction of sp³-hybridized carbons (Fsp3) is 0. The summed E-state index contributed by atoms with van der Waals surface area (Å²) in [6.45, 7) is 0. The number of amides is 1. The van der Waals surface area contributed by atoms with E-state index in [9.17, 15) is 9.00 Å². The predicted octanol–water partition coefficient (Wildman–Crippen LogP) is 2.57. The lowest BCUT2D eigenvalue weighted by Crippen LogP contribution is -2.13. The van der Waals surface area contributed by atoms with Crippen LogP contribution in [0.3, 0.4) is 0 Å². The molecule has 2 N–H and O–H groups in total. The molecule has 1 unspecified atom stereocenters. The lowest BCUT2D eigenvalue weighted by atomic mass is 10.2. The summed E-state index contributed by atoms with van der Waals surface area (Å²) in [4.78, 5) is 15.8. The van der Waals surface area contributed by atoms with Gasteiger partial charge in [-0.1, -0.05) is 11.6 Å². The first-order valence-corrected chi connectivity index (χ1v) is 6.68. The lowest BCUT2D eigenvalue weighted by molar-refractivity contribution is 0.102. The number of benzene rings is 1. The van der Waals surface area contributed by atoms with Crippen molar-refractivity contribution in [2.75, 3.05) is 5.32 Å². The van der Waals surface area contributed by atoms with Crippen molar-refractivity contribution < 1.29 is 13.6 Å². The van der Waals surface area contributed by atoms with Crippen LogP contribution in [0.2, 0.25) is 5.02 Å². The molecule has 1 aromatic carbocycles. The number of anilines is 1. The van der Waals surface area contributed by atoms with E-state index >= 15 is 0 Å². The molecule has 7 heteroatoms. The van der Waals surface area contributed by atoms with Crippen molar-refractivity contribution in [3.8, 4) is 0 Å². The van der Waals surface area contributed by atoms with Crippen molar-refractivity contribution in [3.05, 3.63) is 53.3 Å². The zero-order valence-corrected chi connectivity index (χ0v) is 11.1. The Kier molecular flexibility index (Phi) is 4.26. The number of nitrogens with zero attached hydrogens (tertiary/aromatic N) is 1. The van der Waals surface area contributed by atoms with E-state index in [4.69, 9.17) is 16.2 Å². The van der Waals surface area contributed by atoms with Crippen LogP contribution in [0, 0.1) is 0 Å². The summed E-state index contributed by atoms with van der Waals surface area (Å²) in [5.41, 5.74) is 0.541. The third-order valence-electron chi connectivity index (χ3n) is 2.30. The molecule has 0 saturated carbocycles. The molecule has 0 fully saturated rings. The van der Waals surface area contributed by atoms with Gasteiger partial charge in [0.1, 0.15) is 0 Å². The Labute approximate surface area is 116 Å². The van der Waals surface area contributed by atoms with Gasteiger partial charge in [-0.05, 0) is 30.3 Å². The molecular formula is C12H9ClN2O3S. The number of halogens is 1. The van der Waals surface area contributed by atoms with E-state index in [0.29, 0.717) is 10.6 Å². The van der Waals surface area contributed by atoms with Crippen LogP contribution in [0.25, 0.3) is 0 Å². The second-order valence-corrected chi connectivity index (χ2v) is 4.96. The average Bonchev–Trinajstić information content (AvgIpc) is 2.39. The smallest absolute Gasteiger partial charge is 0.257 e. The van der Waals surface area contributed by atoms with Gasteiger partial charge in [0, 0.05) is 17.4 Å². The number of rotatable bonds is 3. The molecule has 1 aromatic heterocycles. The summed E-state index contributed by atoms with van der Waals surface area (Å²) in [5.74, 6) is -0.429. The van der Waals surface area contributed by atoms with Crippen LogP contribution in [0.1, 0.15) is 10.4 Å². The van der Waals surface area contributed by atoms with E-state index < -0.39 is 17.0 Å². The van der Waals surface area contributed by atoms with Crippen LogP contribution in [0.5, 0.6) is 0 Å². The Morgan fingerprint density at radius 2 is 2.16 bits per heavy atom. The highest BCUT2D eigenvalue weighted by Crippen LogP contribution is 2.24. The number of aromatic nitrogens is 1. The number of carbonyl (C=O) groups excluding carboxylic acids is 1. The molecule has 1 atom stereocenters. The van der Waals surface area contributed by atoms with Crippen LogP contribution >= 0.6 is 11.6 Å². The quantitative estimate of drug-likeness (QED) is 0.853. The highest BCUT2D eigenvalue weighted by Gasteiger charge is 2.12. The predicted molar refractivity (Wildman–Crippen MR) is 72.7 cm³/mol. The first kappa shape index (κ1) is 13.7. The van der Waals surface area contributed by atoms with Crippen LogP contribution in [0.15, 0.2) is 47.6 Å². The van der Waals surface area contributed by atoms with E-state index in [2.05, 4.69) is 10.3 Å². The Morgan fingerprint density at radius 3 is 2.79 bits per heavy atom. The Hall–Kier alpha value is -1.76. The van der Waals surface area contributed by atoms with Crippen molar-refractivity contribution in [3.63, 3.8) is 0 Å². The summed E-state index contributed by atoms with van der Waals surface area (Å²) in [6.07, 6.45) is 2.94. The van der Waals surface area contributed by atoms with Crippen molar-refractivity contribution in [2.24, 2.45) is 0 Å². The maximum atomic E-state index is 11.9. The van der Waals surface area contributed by atoms with Crippen LogP contribution in [-0.2, 0) is 11.1 Å². The lowest BCUT2D eigenvalue weighted by Gasteiger charge is -2.09. The van der Waals surface area contributed by atoms with Gasteiger partial charge in [0.2, 0.25) is 0 Å². The Balaban J connectivity index is 2.31. The summed E-state index contributed by atoms with van der Waals surface area (Å²) in [6, 6.07) is 7.49. The number of hydrogen-bond acceptors (Lipinski definition) is 3. The number of nitrogens with one attached hydrogen (secondary N) is 1. The van der Waals surface area contributed by atoms with Crippen molar-refractivity contribution in [1.29, 1.82) is 0 Å². The molecule has 2 rings (SSSR count). The number of hydrogen-bond donors (Lipinski definition) is 2. The Bertz CT molecular complexity index is 634. The normalized spacial score (nSPS) is 11.9. The highest BCUT2D eigenvalue weighted by atomic mass is 35.5. The molecule has 0 spiro atoms. The molecule has 0 aliphatic heterocycles. The largest absolute Gasteiger partial charge is 0.321 e. The third kappa shape index (κ3) is 3.37. The van der Waals surface area contributed by atoms with Gasteiger partial charge in [0.05, 0.1) is 16.1 Å². The maximum absolute atomic E-state index is 11.9. The van der Waals surface area contributed by atoms with Crippen molar-refractivity contribution in [1.82, 2.24) is 4.98 Å². The summed E-state index contributed by atoms with van der Waals surface area (Å²) in [5, 5.41) is 2.89. The molecular weight excluding hydrogens is 288 g/mol. The summed E-state index contributed by atoms with van der Waals surface area (Å²) < 4.78 is 20.3.